The third kappa shape index (κ3) is 3.93. The summed E-state index contributed by atoms with van der Waals surface area (Å²) in [7, 11) is 0. The number of cyclic esters (lactones) is 1. The lowest BCUT2D eigenvalue weighted by Gasteiger charge is -2.31. The van der Waals surface area contributed by atoms with Crippen LogP contribution in [0.2, 0.25) is 0 Å². The van der Waals surface area contributed by atoms with Gasteiger partial charge in [-0.25, -0.2) is 9.78 Å². The molecule has 0 aliphatic carbocycles. The highest BCUT2D eigenvalue weighted by Gasteiger charge is 2.45. The van der Waals surface area contributed by atoms with Crippen molar-refractivity contribution >= 4 is 33.5 Å². The number of ether oxygens (including phenoxy) is 1. The predicted molar refractivity (Wildman–Crippen MR) is 157 cm³/mol. The van der Waals surface area contributed by atoms with Crippen LogP contribution in [0, 0.1) is 0 Å². The molecule has 5 heterocycles. The quantitative estimate of drug-likeness (QED) is 0.134. The number of carbonyl (C=O) groups excluding carboxylic acids is 1. The van der Waals surface area contributed by atoms with Crippen LogP contribution in [-0.4, -0.2) is 25.6 Å². The fourth-order valence-corrected chi connectivity index (χ4v) is 6.42. The van der Waals surface area contributed by atoms with Crippen LogP contribution in [0.15, 0.2) is 65.6 Å². The number of pyridine rings is 3. The highest BCUT2D eigenvalue weighted by atomic mass is 16.6. The fourth-order valence-electron chi connectivity index (χ4n) is 6.42. The molecule has 0 radical (unpaired) electrons. The van der Waals surface area contributed by atoms with Gasteiger partial charge in [-0.1, -0.05) is 25.1 Å². The van der Waals surface area contributed by atoms with E-state index in [0.29, 0.717) is 23.4 Å². The van der Waals surface area contributed by atoms with Gasteiger partial charge in [-0.05, 0) is 79.6 Å². The van der Waals surface area contributed by atoms with Crippen LogP contribution in [0.1, 0.15) is 54.0 Å². The van der Waals surface area contributed by atoms with Gasteiger partial charge in [-0.2, -0.15) is 0 Å². The van der Waals surface area contributed by atoms with Gasteiger partial charge in [0.25, 0.3) is 5.56 Å². The van der Waals surface area contributed by atoms with E-state index in [1.165, 1.54) is 11.1 Å². The van der Waals surface area contributed by atoms with Crippen molar-refractivity contribution in [2.75, 3.05) is 5.73 Å². The number of esters is 1. The second-order valence-corrected chi connectivity index (χ2v) is 11.0. The number of carbonyl (C=O) groups is 1. The number of nitrogens with zero attached hydrogens (tertiary/aromatic N) is 3. The lowest BCUT2D eigenvalue weighted by Crippen LogP contribution is -2.44. The maximum Gasteiger partial charge on any atom is 0.343 e. The molecule has 7 rings (SSSR count). The molecule has 3 N–H and O–H groups in total. The molecular formula is C33H30N4O4. The summed E-state index contributed by atoms with van der Waals surface area (Å²) in [5, 5.41) is 13.3. The molecule has 0 saturated heterocycles. The maximum atomic E-state index is 13.8. The molecule has 1 atom stereocenters. The minimum absolute atomic E-state index is 0.109. The molecule has 5 aromatic rings. The largest absolute Gasteiger partial charge is 0.458 e. The van der Waals surface area contributed by atoms with Gasteiger partial charge < -0.3 is 20.1 Å². The molecule has 3 aromatic heterocycles. The van der Waals surface area contributed by atoms with Gasteiger partial charge in [0, 0.05) is 33.8 Å². The van der Waals surface area contributed by atoms with Gasteiger partial charge in [0.1, 0.15) is 6.61 Å². The number of fused-ring (bicyclic) bond motifs is 7. The number of aryl methyl sites for hydroxylation is 2. The molecule has 0 fully saturated rings. The van der Waals surface area contributed by atoms with Gasteiger partial charge in [0.15, 0.2) is 5.60 Å². The van der Waals surface area contributed by atoms with E-state index >= 15 is 0 Å². The molecule has 0 spiro atoms. The lowest BCUT2D eigenvalue weighted by molar-refractivity contribution is -0.172. The highest BCUT2D eigenvalue weighted by molar-refractivity contribution is 6.08. The van der Waals surface area contributed by atoms with E-state index in [1.54, 1.807) is 23.8 Å². The Morgan fingerprint density at radius 3 is 2.61 bits per heavy atom. The number of rotatable bonds is 6. The summed E-state index contributed by atoms with van der Waals surface area (Å²) >= 11 is 0. The number of hydrogen-bond donors (Lipinski definition) is 2. The molecule has 0 bridgehead atoms. The van der Waals surface area contributed by atoms with Crippen LogP contribution in [0.3, 0.4) is 0 Å². The van der Waals surface area contributed by atoms with Gasteiger partial charge in [0.05, 0.1) is 34.5 Å². The van der Waals surface area contributed by atoms with E-state index in [9.17, 15) is 14.7 Å². The van der Waals surface area contributed by atoms with Crippen molar-refractivity contribution in [3.8, 4) is 11.4 Å². The van der Waals surface area contributed by atoms with Crippen molar-refractivity contribution in [1.82, 2.24) is 14.5 Å². The summed E-state index contributed by atoms with van der Waals surface area (Å²) in [4.78, 5) is 36.0. The molecule has 0 unspecified atom stereocenters. The van der Waals surface area contributed by atoms with Crippen molar-refractivity contribution in [2.24, 2.45) is 0 Å². The minimum atomic E-state index is -1.85. The monoisotopic (exact) mass is 546 g/mol. The van der Waals surface area contributed by atoms with E-state index in [-0.39, 0.29) is 18.6 Å². The van der Waals surface area contributed by atoms with Crippen molar-refractivity contribution < 1.29 is 14.6 Å². The Morgan fingerprint density at radius 2 is 1.80 bits per heavy atom. The average Bonchev–Trinajstić information content (AvgIpc) is 3.36. The topological polar surface area (TPSA) is 120 Å². The Hall–Kier alpha value is -4.56. The summed E-state index contributed by atoms with van der Waals surface area (Å²) in [6.07, 6.45) is 5.61. The Balaban J connectivity index is 1.36. The lowest BCUT2D eigenvalue weighted by atomic mass is 9.86. The van der Waals surface area contributed by atoms with E-state index in [1.807, 2.05) is 30.3 Å². The molecule has 0 saturated carbocycles. The molecule has 2 aliphatic rings. The number of unbranched alkanes of at least 4 members (excludes halogenated alkanes) is 1. The van der Waals surface area contributed by atoms with Crippen LogP contribution in [0.25, 0.3) is 33.2 Å². The second-order valence-electron chi connectivity index (χ2n) is 11.0. The summed E-state index contributed by atoms with van der Waals surface area (Å²) in [5.74, 6) is -0.720. The molecule has 2 aromatic carbocycles. The molecule has 41 heavy (non-hydrogen) atoms. The number of nitrogens with two attached hydrogens (primary N) is 1. The minimum Gasteiger partial charge on any atom is -0.458 e. The van der Waals surface area contributed by atoms with Crippen molar-refractivity contribution in [2.45, 2.75) is 57.8 Å². The van der Waals surface area contributed by atoms with Crippen LogP contribution < -0.4 is 11.3 Å². The molecule has 2 aliphatic heterocycles. The highest BCUT2D eigenvalue weighted by Crippen LogP contribution is 2.41. The second kappa shape index (κ2) is 9.52. The number of aromatic nitrogens is 3. The first-order chi connectivity index (χ1) is 19.9. The molecular weight excluding hydrogens is 516 g/mol. The number of benzene rings is 2. The van der Waals surface area contributed by atoms with E-state index in [2.05, 4.69) is 23.2 Å². The van der Waals surface area contributed by atoms with Crippen molar-refractivity contribution in [1.29, 1.82) is 0 Å². The summed E-state index contributed by atoms with van der Waals surface area (Å²) < 4.78 is 6.95. The Morgan fingerprint density at radius 1 is 1.02 bits per heavy atom. The third-order valence-corrected chi connectivity index (χ3v) is 8.67. The van der Waals surface area contributed by atoms with Gasteiger partial charge in [-0.3, -0.25) is 9.78 Å². The molecule has 8 heteroatoms. The Bertz CT molecular complexity index is 1930. The fraction of sp³-hybridized carbons (Fsp3) is 0.273. The number of aliphatic hydroxyl groups is 1. The molecule has 206 valence electrons. The normalized spacial score (nSPS) is 17.4. The Kier molecular flexibility index (Phi) is 5.90. The SMILES string of the molecule is CC[C@@]1(O)C(=O)OCc2c1cc1n(c2=O)Cc2c-1nc1ccc3ncccc3c1c2CCCCc1ccc(N)cc1. The predicted octanol–water partition coefficient (Wildman–Crippen LogP) is 4.78. The van der Waals surface area contributed by atoms with Gasteiger partial charge in [-0.15, -0.1) is 0 Å². The number of nitrogen functional groups attached to an aromatic ring is 1. The first-order valence-electron chi connectivity index (χ1n) is 14.1. The smallest absolute Gasteiger partial charge is 0.343 e. The third-order valence-electron chi connectivity index (χ3n) is 8.67. The van der Waals surface area contributed by atoms with Gasteiger partial charge in [0.2, 0.25) is 0 Å². The summed E-state index contributed by atoms with van der Waals surface area (Å²) in [5.41, 5.74) is 11.7. The summed E-state index contributed by atoms with van der Waals surface area (Å²) in [6, 6.07) is 17.8. The zero-order chi connectivity index (χ0) is 28.3. The van der Waals surface area contributed by atoms with Crippen LogP contribution in [0.5, 0.6) is 0 Å². The number of anilines is 1. The zero-order valence-electron chi connectivity index (χ0n) is 22.8. The standard InChI is InChI=1S/C33H30N4O4/c1-2-33(40)25-16-28-30-23(17-37(28)31(38)24(25)18-41-32(33)39)21(7-4-3-6-19-9-11-20(34)12-10-19)29-22-8-5-15-35-26(22)13-14-27(29)36-30/h5,8-16,40H,2-4,6-7,17-18,34H2,1H3/t33-/m0/s1. The van der Waals surface area contributed by atoms with E-state index < -0.39 is 11.6 Å². The van der Waals surface area contributed by atoms with Crippen LogP contribution >= 0.6 is 0 Å². The zero-order valence-corrected chi connectivity index (χ0v) is 22.8. The van der Waals surface area contributed by atoms with Crippen LogP contribution in [-0.2, 0) is 41.1 Å². The van der Waals surface area contributed by atoms with Crippen molar-refractivity contribution in [3.63, 3.8) is 0 Å². The van der Waals surface area contributed by atoms with Crippen LogP contribution in [0.4, 0.5) is 5.69 Å². The maximum absolute atomic E-state index is 13.8. The van der Waals surface area contributed by atoms with Gasteiger partial charge >= 0.3 is 5.97 Å². The summed E-state index contributed by atoms with van der Waals surface area (Å²) in [6.45, 7) is 1.94. The average molecular weight is 547 g/mol. The molecule has 8 nitrogen and oxygen atoms in total. The van der Waals surface area contributed by atoms with E-state index in [4.69, 9.17) is 15.5 Å². The van der Waals surface area contributed by atoms with Crippen molar-refractivity contribution in [3.05, 3.63) is 99.0 Å². The first-order valence-corrected chi connectivity index (χ1v) is 14.1. The Labute approximate surface area is 236 Å². The van der Waals surface area contributed by atoms with E-state index in [0.717, 1.165) is 64.4 Å². The molecule has 0 amide bonds. The number of hydrogen-bond acceptors (Lipinski definition) is 7. The first kappa shape index (κ1) is 25.4.